The fraction of sp³-hybridized carbons (Fsp3) is 0.368. The van der Waals surface area contributed by atoms with Gasteiger partial charge < -0.3 is 19.7 Å². The minimum absolute atomic E-state index is 0.118. The molecule has 0 unspecified atom stereocenters. The molecule has 1 N–H and O–H groups in total. The molecule has 2 atom stereocenters. The van der Waals surface area contributed by atoms with Gasteiger partial charge in [-0.1, -0.05) is 11.6 Å². The zero-order chi connectivity index (χ0) is 20.1. The van der Waals surface area contributed by atoms with E-state index < -0.39 is 30.6 Å². The lowest BCUT2D eigenvalue weighted by Crippen LogP contribution is -2.51. The molecular weight excluding hydrogens is 392 g/mol. The lowest BCUT2D eigenvalue weighted by atomic mass is 10.1. The Labute approximate surface area is 166 Å². The van der Waals surface area contributed by atoms with Crippen LogP contribution in [0.4, 0.5) is 13.6 Å². The molecule has 1 saturated heterocycles. The van der Waals surface area contributed by atoms with Gasteiger partial charge in [-0.25, -0.2) is 13.6 Å². The number of amides is 2. The Morgan fingerprint density at radius 3 is 2.64 bits per heavy atom. The fourth-order valence-corrected chi connectivity index (χ4v) is 2.92. The molecule has 2 aromatic rings. The number of urea groups is 1. The normalized spacial score (nSPS) is 19.1. The highest BCUT2D eigenvalue weighted by Gasteiger charge is 2.46. The third-order valence-corrected chi connectivity index (χ3v) is 4.74. The zero-order valence-corrected chi connectivity index (χ0v) is 15.9. The number of rotatable bonds is 6. The topological polar surface area (TPSA) is 63.7 Å². The first kappa shape index (κ1) is 20.3. The standard InChI is InChI=1S/C19H20ClF2N3O3/c1-25(18(26)24-17-11-27-12-19(17,21)22)16(13-6-8-23-9-7-13)10-28-15-4-2-14(20)3-5-15/h2-9,16-17H,10-12H2,1H3,(H,24,26)/t16-,17-/m0/s1. The van der Waals surface area contributed by atoms with E-state index in [2.05, 4.69) is 10.3 Å². The van der Waals surface area contributed by atoms with Gasteiger partial charge in [0.2, 0.25) is 0 Å². The number of nitrogens with zero attached hydrogens (tertiary/aromatic N) is 2. The third kappa shape index (κ3) is 4.88. The summed E-state index contributed by atoms with van der Waals surface area (Å²) in [6.45, 7) is -0.809. The number of pyridine rings is 1. The summed E-state index contributed by atoms with van der Waals surface area (Å²) >= 11 is 5.87. The molecule has 0 bridgehead atoms. The van der Waals surface area contributed by atoms with Crippen LogP contribution in [0.15, 0.2) is 48.8 Å². The van der Waals surface area contributed by atoms with Crippen LogP contribution in [0.2, 0.25) is 5.02 Å². The van der Waals surface area contributed by atoms with Gasteiger partial charge in [-0.2, -0.15) is 0 Å². The molecular formula is C19H20ClF2N3O3. The summed E-state index contributed by atoms with van der Waals surface area (Å²) in [7, 11) is 1.53. The number of hydrogen-bond acceptors (Lipinski definition) is 4. The molecule has 1 aliphatic rings. The Kier molecular flexibility index (Phi) is 6.31. The molecule has 1 aromatic carbocycles. The van der Waals surface area contributed by atoms with E-state index in [1.165, 1.54) is 11.9 Å². The van der Waals surface area contributed by atoms with E-state index >= 15 is 0 Å². The molecule has 6 nitrogen and oxygen atoms in total. The van der Waals surface area contributed by atoms with Crippen molar-refractivity contribution in [3.63, 3.8) is 0 Å². The summed E-state index contributed by atoms with van der Waals surface area (Å²) in [6.07, 6.45) is 3.19. The summed E-state index contributed by atoms with van der Waals surface area (Å²) < 4.78 is 38.1. The average Bonchev–Trinajstić information content (AvgIpc) is 3.02. The van der Waals surface area contributed by atoms with Crippen LogP contribution in [0.5, 0.6) is 5.75 Å². The van der Waals surface area contributed by atoms with Crippen molar-refractivity contribution >= 4 is 17.6 Å². The second-order valence-corrected chi connectivity index (χ2v) is 6.89. The van der Waals surface area contributed by atoms with E-state index in [0.717, 1.165) is 5.56 Å². The first-order valence-electron chi connectivity index (χ1n) is 8.64. The Morgan fingerprint density at radius 1 is 1.36 bits per heavy atom. The molecule has 28 heavy (non-hydrogen) atoms. The molecule has 0 saturated carbocycles. The van der Waals surface area contributed by atoms with E-state index in [4.69, 9.17) is 21.1 Å². The largest absolute Gasteiger partial charge is 0.491 e. The van der Waals surface area contributed by atoms with Gasteiger partial charge in [0.15, 0.2) is 0 Å². The van der Waals surface area contributed by atoms with Gasteiger partial charge in [-0.15, -0.1) is 0 Å². The summed E-state index contributed by atoms with van der Waals surface area (Å²) in [6, 6.07) is 7.77. The third-order valence-electron chi connectivity index (χ3n) is 4.49. The van der Waals surface area contributed by atoms with Crippen LogP contribution in [-0.4, -0.2) is 54.7 Å². The molecule has 1 fully saturated rings. The van der Waals surface area contributed by atoms with E-state index in [1.54, 1.807) is 48.8 Å². The predicted molar refractivity (Wildman–Crippen MR) is 99.8 cm³/mol. The molecule has 9 heteroatoms. The second kappa shape index (κ2) is 8.70. The smallest absolute Gasteiger partial charge is 0.318 e. The summed E-state index contributed by atoms with van der Waals surface area (Å²) in [5.41, 5.74) is 0.760. The van der Waals surface area contributed by atoms with Crippen LogP contribution in [0.1, 0.15) is 11.6 Å². The number of ether oxygens (including phenoxy) is 2. The highest BCUT2D eigenvalue weighted by Crippen LogP contribution is 2.27. The van der Waals surface area contributed by atoms with Crippen LogP contribution in [0, 0.1) is 0 Å². The van der Waals surface area contributed by atoms with Gasteiger partial charge in [0.05, 0.1) is 12.6 Å². The molecule has 1 aromatic heterocycles. The van der Waals surface area contributed by atoms with Crippen LogP contribution in [0.25, 0.3) is 0 Å². The number of alkyl halides is 2. The van der Waals surface area contributed by atoms with Crippen molar-refractivity contribution in [2.75, 3.05) is 26.9 Å². The van der Waals surface area contributed by atoms with Crippen molar-refractivity contribution in [1.82, 2.24) is 15.2 Å². The first-order valence-corrected chi connectivity index (χ1v) is 9.02. The fourth-order valence-electron chi connectivity index (χ4n) is 2.80. The van der Waals surface area contributed by atoms with Gasteiger partial charge in [-0.3, -0.25) is 4.98 Å². The van der Waals surface area contributed by atoms with Crippen LogP contribution in [0.3, 0.4) is 0 Å². The number of carbonyl (C=O) groups excluding carboxylic acids is 1. The highest BCUT2D eigenvalue weighted by molar-refractivity contribution is 6.30. The van der Waals surface area contributed by atoms with Crippen molar-refractivity contribution in [2.24, 2.45) is 0 Å². The van der Waals surface area contributed by atoms with E-state index in [9.17, 15) is 13.6 Å². The number of aromatic nitrogens is 1. The number of carbonyl (C=O) groups is 1. The SMILES string of the molecule is CN(C(=O)N[C@H]1COCC1(F)F)[C@@H](COc1ccc(Cl)cc1)c1ccncc1. The molecule has 150 valence electrons. The molecule has 0 spiro atoms. The summed E-state index contributed by atoms with van der Waals surface area (Å²) in [4.78, 5) is 17.9. The Hall–Kier alpha value is -2.45. The van der Waals surface area contributed by atoms with Gasteiger partial charge in [-0.05, 0) is 42.0 Å². The molecule has 3 rings (SSSR count). The molecule has 0 radical (unpaired) electrons. The van der Waals surface area contributed by atoms with Gasteiger partial charge in [0.25, 0.3) is 5.92 Å². The zero-order valence-electron chi connectivity index (χ0n) is 15.1. The predicted octanol–water partition coefficient (Wildman–Crippen LogP) is 3.53. The number of halogens is 3. The second-order valence-electron chi connectivity index (χ2n) is 6.45. The maximum Gasteiger partial charge on any atom is 0.318 e. The molecule has 2 amide bonds. The van der Waals surface area contributed by atoms with Crippen molar-refractivity contribution in [3.8, 4) is 5.75 Å². The quantitative estimate of drug-likeness (QED) is 0.789. The number of benzene rings is 1. The molecule has 1 aliphatic heterocycles. The lowest BCUT2D eigenvalue weighted by Gasteiger charge is -2.30. The average molecular weight is 412 g/mol. The molecule has 0 aliphatic carbocycles. The summed E-state index contributed by atoms with van der Waals surface area (Å²) in [5.74, 6) is -2.52. The van der Waals surface area contributed by atoms with E-state index in [1.807, 2.05) is 0 Å². The van der Waals surface area contributed by atoms with Gasteiger partial charge >= 0.3 is 6.03 Å². The van der Waals surface area contributed by atoms with Crippen LogP contribution in [-0.2, 0) is 4.74 Å². The Balaban J connectivity index is 1.72. The lowest BCUT2D eigenvalue weighted by molar-refractivity contribution is -0.0225. The Morgan fingerprint density at radius 2 is 2.04 bits per heavy atom. The minimum atomic E-state index is -3.09. The van der Waals surface area contributed by atoms with Gasteiger partial charge in [0, 0.05) is 24.5 Å². The van der Waals surface area contributed by atoms with Crippen molar-refractivity contribution in [2.45, 2.75) is 18.0 Å². The van der Waals surface area contributed by atoms with Crippen molar-refractivity contribution in [1.29, 1.82) is 0 Å². The van der Waals surface area contributed by atoms with Gasteiger partial charge in [0.1, 0.15) is 25.0 Å². The van der Waals surface area contributed by atoms with E-state index in [-0.39, 0.29) is 13.2 Å². The molecule has 2 heterocycles. The van der Waals surface area contributed by atoms with E-state index in [0.29, 0.717) is 10.8 Å². The maximum atomic E-state index is 13.8. The van der Waals surface area contributed by atoms with Crippen LogP contribution < -0.4 is 10.1 Å². The summed E-state index contributed by atoms with van der Waals surface area (Å²) in [5, 5.41) is 2.93. The van der Waals surface area contributed by atoms with Crippen LogP contribution >= 0.6 is 11.6 Å². The first-order chi connectivity index (χ1) is 13.4. The number of likely N-dealkylation sites (N-methyl/N-ethyl adjacent to an activating group) is 1. The maximum absolute atomic E-state index is 13.8. The monoisotopic (exact) mass is 411 g/mol. The highest BCUT2D eigenvalue weighted by atomic mass is 35.5. The Bertz CT molecular complexity index is 793. The number of hydrogen-bond donors (Lipinski definition) is 1. The number of nitrogens with one attached hydrogen (secondary N) is 1. The van der Waals surface area contributed by atoms with Crippen molar-refractivity contribution < 1.29 is 23.0 Å². The minimum Gasteiger partial charge on any atom is -0.491 e. The van der Waals surface area contributed by atoms with Crippen molar-refractivity contribution in [3.05, 3.63) is 59.4 Å².